The summed E-state index contributed by atoms with van der Waals surface area (Å²) in [6.45, 7) is 2.13. The highest BCUT2D eigenvalue weighted by atomic mass is 19.1. The first kappa shape index (κ1) is 24.5. The fourth-order valence-electron chi connectivity index (χ4n) is 5.48. The Labute approximate surface area is 199 Å². The number of nitrogens with zero attached hydrogens (tertiary/aromatic N) is 2. The van der Waals surface area contributed by atoms with Gasteiger partial charge in [-0.05, 0) is 51.2 Å². The van der Waals surface area contributed by atoms with Crippen molar-refractivity contribution >= 4 is 22.6 Å². The molecule has 0 atom stereocenters. The highest BCUT2D eigenvalue weighted by Gasteiger charge is 2.25. The van der Waals surface area contributed by atoms with Gasteiger partial charge in [0.1, 0.15) is 5.82 Å². The second-order valence-corrected chi connectivity index (χ2v) is 9.64. The minimum Gasteiger partial charge on any atom is -0.466 e. The molecule has 1 aromatic heterocycles. The monoisotopic (exact) mass is 473 g/mol. The Balaban J connectivity index is 1.73. The van der Waals surface area contributed by atoms with Gasteiger partial charge >= 0.3 is 11.7 Å². The van der Waals surface area contributed by atoms with E-state index in [2.05, 4.69) is 5.32 Å². The van der Waals surface area contributed by atoms with Crippen LogP contribution in [0.3, 0.4) is 0 Å². The van der Waals surface area contributed by atoms with Crippen molar-refractivity contribution in [1.29, 1.82) is 0 Å². The Kier molecular flexibility index (Phi) is 8.06. The van der Waals surface area contributed by atoms with Gasteiger partial charge < -0.3 is 10.1 Å². The topological polar surface area (TPSA) is 82.3 Å². The van der Waals surface area contributed by atoms with Crippen LogP contribution in [0.15, 0.2) is 21.7 Å². The summed E-state index contributed by atoms with van der Waals surface area (Å²) in [4.78, 5) is 38.5. The maximum absolute atomic E-state index is 15.2. The molecule has 8 heteroatoms. The van der Waals surface area contributed by atoms with Crippen molar-refractivity contribution in [3.05, 3.63) is 38.8 Å². The van der Waals surface area contributed by atoms with Crippen LogP contribution in [0.5, 0.6) is 0 Å². The van der Waals surface area contributed by atoms with Crippen LogP contribution < -0.4 is 16.6 Å². The third kappa shape index (κ3) is 5.36. The first-order chi connectivity index (χ1) is 16.5. The molecule has 0 spiro atoms. The Bertz CT molecular complexity index is 1130. The number of carbonyl (C=O) groups is 1. The van der Waals surface area contributed by atoms with E-state index in [1.807, 2.05) is 0 Å². The number of carbonyl (C=O) groups excluding carboxylic acids is 1. The number of halogens is 1. The molecular weight excluding hydrogens is 437 g/mol. The summed E-state index contributed by atoms with van der Waals surface area (Å²) in [5, 5.41) is 3.58. The summed E-state index contributed by atoms with van der Waals surface area (Å²) >= 11 is 0. The lowest BCUT2D eigenvalue weighted by Gasteiger charge is -2.22. The smallest absolute Gasteiger partial charge is 0.331 e. The summed E-state index contributed by atoms with van der Waals surface area (Å²) in [5.41, 5.74) is -0.00983. The van der Waals surface area contributed by atoms with E-state index in [0.29, 0.717) is 24.2 Å². The van der Waals surface area contributed by atoms with E-state index < -0.39 is 11.4 Å². The molecule has 2 fully saturated rings. The molecule has 2 saturated carbocycles. The van der Waals surface area contributed by atoms with Crippen LogP contribution in [-0.4, -0.2) is 27.8 Å². The molecule has 0 amide bonds. The van der Waals surface area contributed by atoms with Crippen LogP contribution in [0.2, 0.25) is 0 Å². The number of anilines is 1. The van der Waals surface area contributed by atoms with Gasteiger partial charge in [0.2, 0.25) is 0 Å². The van der Waals surface area contributed by atoms with Crippen molar-refractivity contribution < 1.29 is 13.9 Å². The molecular formula is C26H36FN3O4. The maximum atomic E-state index is 15.2. The van der Waals surface area contributed by atoms with Gasteiger partial charge in [-0.3, -0.25) is 18.7 Å². The van der Waals surface area contributed by atoms with E-state index in [0.717, 1.165) is 55.9 Å². The third-order valence-corrected chi connectivity index (χ3v) is 7.23. The van der Waals surface area contributed by atoms with E-state index in [-0.39, 0.29) is 42.1 Å². The minimum absolute atomic E-state index is 0.0110. The van der Waals surface area contributed by atoms with Crippen LogP contribution in [0.1, 0.15) is 90.0 Å². The van der Waals surface area contributed by atoms with Gasteiger partial charge in [-0.2, -0.15) is 0 Å². The molecule has 7 nitrogen and oxygen atoms in total. The lowest BCUT2D eigenvalue weighted by Crippen LogP contribution is -2.41. The number of benzene rings is 1. The molecule has 1 heterocycles. The van der Waals surface area contributed by atoms with Gasteiger partial charge in [-0.1, -0.05) is 38.5 Å². The molecule has 1 N–H and O–H groups in total. The normalized spacial score (nSPS) is 17.7. The van der Waals surface area contributed by atoms with Gasteiger partial charge in [0, 0.05) is 25.0 Å². The fourth-order valence-corrected chi connectivity index (χ4v) is 5.48. The van der Waals surface area contributed by atoms with Crippen molar-refractivity contribution in [2.45, 2.75) is 103 Å². The van der Waals surface area contributed by atoms with E-state index in [1.54, 1.807) is 17.6 Å². The summed E-state index contributed by atoms with van der Waals surface area (Å²) in [6, 6.07) is 3.13. The number of aromatic nitrogens is 2. The molecule has 0 saturated heterocycles. The Morgan fingerprint density at radius 1 is 1.06 bits per heavy atom. The molecule has 0 bridgehead atoms. The summed E-state index contributed by atoms with van der Waals surface area (Å²) in [5.74, 6) is -0.823. The first-order valence-corrected chi connectivity index (χ1v) is 12.9. The van der Waals surface area contributed by atoms with Crippen molar-refractivity contribution in [2.75, 3.05) is 11.9 Å². The number of rotatable bonds is 8. The zero-order valence-corrected chi connectivity index (χ0v) is 20.1. The molecule has 1 aromatic carbocycles. The van der Waals surface area contributed by atoms with Gasteiger partial charge in [0.25, 0.3) is 5.56 Å². The third-order valence-electron chi connectivity index (χ3n) is 7.23. The highest BCUT2D eigenvalue weighted by Crippen LogP contribution is 2.32. The van der Waals surface area contributed by atoms with E-state index in [9.17, 15) is 14.4 Å². The Morgan fingerprint density at radius 3 is 2.41 bits per heavy atom. The van der Waals surface area contributed by atoms with Crippen molar-refractivity contribution in [3.63, 3.8) is 0 Å². The summed E-state index contributed by atoms with van der Waals surface area (Å²) < 4.78 is 23.0. The van der Waals surface area contributed by atoms with E-state index >= 15 is 4.39 Å². The predicted molar refractivity (Wildman–Crippen MR) is 131 cm³/mol. The average Bonchev–Trinajstić information content (AvgIpc) is 3.21. The molecule has 2 aliphatic rings. The minimum atomic E-state index is -0.502. The second-order valence-electron chi connectivity index (χ2n) is 9.64. The second kappa shape index (κ2) is 11.2. The number of ether oxygens (including phenoxy) is 1. The number of esters is 1. The predicted octanol–water partition coefficient (Wildman–Crippen LogP) is 4.90. The van der Waals surface area contributed by atoms with Gasteiger partial charge in [-0.15, -0.1) is 0 Å². The lowest BCUT2D eigenvalue weighted by molar-refractivity contribution is -0.143. The maximum Gasteiger partial charge on any atom is 0.331 e. The van der Waals surface area contributed by atoms with Crippen LogP contribution >= 0.6 is 0 Å². The number of hydrogen-bond donors (Lipinski definition) is 1. The molecule has 2 aliphatic carbocycles. The zero-order chi connectivity index (χ0) is 24.1. The van der Waals surface area contributed by atoms with Gasteiger partial charge in [-0.25, -0.2) is 9.18 Å². The number of nitrogens with one attached hydrogen (secondary N) is 1. The molecule has 2 aromatic rings. The first-order valence-electron chi connectivity index (χ1n) is 12.9. The van der Waals surface area contributed by atoms with Crippen molar-refractivity contribution in [2.24, 2.45) is 0 Å². The molecule has 34 heavy (non-hydrogen) atoms. The van der Waals surface area contributed by atoms with E-state index in [1.165, 1.54) is 18.9 Å². The quantitative estimate of drug-likeness (QED) is 0.436. The van der Waals surface area contributed by atoms with Gasteiger partial charge in [0.15, 0.2) is 0 Å². The SMILES string of the molecule is CCOC(=O)CCCn1c(=O)c2cc(F)c(NC3CCCCCC3)cc2n(C2CCCC2)c1=O. The van der Waals surface area contributed by atoms with Crippen LogP contribution in [0, 0.1) is 5.82 Å². The molecule has 4 rings (SSSR count). The number of fused-ring (bicyclic) bond motifs is 1. The van der Waals surface area contributed by atoms with Crippen LogP contribution in [0.4, 0.5) is 10.1 Å². The molecule has 0 unspecified atom stereocenters. The fraction of sp³-hybridized carbons (Fsp3) is 0.654. The van der Waals surface area contributed by atoms with Crippen molar-refractivity contribution in [3.8, 4) is 0 Å². The molecule has 0 aliphatic heterocycles. The summed E-state index contributed by atoms with van der Waals surface area (Å²) in [7, 11) is 0. The van der Waals surface area contributed by atoms with Crippen LogP contribution in [-0.2, 0) is 16.1 Å². The molecule has 186 valence electrons. The molecule has 0 radical (unpaired) electrons. The Hall–Kier alpha value is -2.64. The number of hydrogen-bond acceptors (Lipinski definition) is 5. The van der Waals surface area contributed by atoms with Gasteiger partial charge in [0.05, 0.1) is 23.2 Å². The zero-order valence-electron chi connectivity index (χ0n) is 20.1. The largest absolute Gasteiger partial charge is 0.466 e. The van der Waals surface area contributed by atoms with E-state index in [4.69, 9.17) is 4.74 Å². The van der Waals surface area contributed by atoms with Crippen LogP contribution in [0.25, 0.3) is 10.9 Å². The standard InChI is InChI=1S/C26H36FN3O4/c1-2-34-24(31)14-9-15-29-25(32)20-16-21(27)22(28-18-10-5-3-4-6-11-18)17-23(20)30(26(29)33)19-12-7-8-13-19/h16-19,28H,2-15H2,1H3. The lowest BCUT2D eigenvalue weighted by atomic mass is 10.1. The Morgan fingerprint density at radius 2 is 1.74 bits per heavy atom. The summed E-state index contributed by atoms with van der Waals surface area (Å²) in [6.07, 6.45) is 10.8. The van der Waals surface area contributed by atoms with Crippen molar-refractivity contribution in [1.82, 2.24) is 9.13 Å². The highest BCUT2D eigenvalue weighted by molar-refractivity contribution is 5.82. The average molecular weight is 474 g/mol.